The van der Waals surface area contributed by atoms with Gasteiger partial charge in [-0.3, -0.25) is 0 Å². The number of alkyl halides is 3. The maximum atomic E-state index is 12.9. The molecule has 0 spiro atoms. The molecular formula is C12H15F3N2O2S. The van der Waals surface area contributed by atoms with Crippen molar-refractivity contribution in [3.05, 3.63) is 29.8 Å². The molecule has 1 heterocycles. The zero-order valence-electron chi connectivity index (χ0n) is 10.8. The highest BCUT2D eigenvalue weighted by atomic mass is 32.2. The van der Waals surface area contributed by atoms with E-state index >= 15 is 0 Å². The normalized spacial score (nSPS) is 20.6. The maximum Gasteiger partial charge on any atom is 0.417 e. The smallest absolute Gasteiger partial charge is 0.315 e. The van der Waals surface area contributed by atoms with Crippen LogP contribution in [0.3, 0.4) is 0 Å². The van der Waals surface area contributed by atoms with Crippen LogP contribution in [0.25, 0.3) is 0 Å². The third-order valence-corrected chi connectivity index (χ3v) is 5.37. The summed E-state index contributed by atoms with van der Waals surface area (Å²) < 4.78 is 64.6. The van der Waals surface area contributed by atoms with Gasteiger partial charge in [0.05, 0.1) is 10.5 Å². The summed E-state index contributed by atoms with van der Waals surface area (Å²) in [6.45, 7) is 1.11. The summed E-state index contributed by atoms with van der Waals surface area (Å²) in [5.41, 5.74) is -1.13. The van der Waals surface area contributed by atoms with Gasteiger partial charge in [-0.1, -0.05) is 12.1 Å². The van der Waals surface area contributed by atoms with Gasteiger partial charge in [0.15, 0.2) is 0 Å². The van der Waals surface area contributed by atoms with Crippen LogP contribution < -0.4 is 5.32 Å². The Morgan fingerprint density at radius 1 is 1.30 bits per heavy atom. The number of nitrogens with one attached hydrogen (secondary N) is 1. The van der Waals surface area contributed by atoms with Gasteiger partial charge >= 0.3 is 6.18 Å². The maximum absolute atomic E-state index is 12.9. The fourth-order valence-corrected chi connectivity index (χ4v) is 3.82. The van der Waals surface area contributed by atoms with Crippen molar-refractivity contribution in [1.82, 2.24) is 9.62 Å². The number of likely N-dealkylation sites (N-methyl/N-ethyl adjacent to an activating group) is 1. The van der Waals surface area contributed by atoms with Gasteiger partial charge in [0, 0.05) is 19.6 Å². The predicted molar refractivity (Wildman–Crippen MR) is 67.7 cm³/mol. The van der Waals surface area contributed by atoms with Crippen LogP contribution in [0, 0.1) is 0 Å². The lowest BCUT2D eigenvalue weighted by atomic mass is 10.2. The number of hydrogen-bond donors (Lipinski definition) is 1. The average Bonchev–Trinajstić information content (AvgIpc) is 2.90. The Morgan fingerprint density at radius 3 is 2.50 bits per heavy atom. The molecule has 8 heteroatoms. The average molecular weight is 308 g/mol. The monoisotopic (exact) mass is 308 g/mol. The van der Waals surface area contributed by atoms with Crippen molar-refractivity contribution in [2.45, 2.75) is 23.5 Å². The Morgan fingerprint density at radius 2 is 1.95 bits per heavy atom. The summed E-state index contributed by atoms with van der Waals surface area (Å²) in [6, 6.07) is 3.94. The van der Waals surface area contributed by atoms with Gasteiger partial charge in [0.25, 0.3) is 0 Å². The first-order valence-electron chi connectivity index (χ1n) is 6.09. The Bertz CT molecular complexity index is 581. The van der Waals surface area contributed by atoms with Crippen molar-refractivity contribution in [2.75, 3.05) is 20.1 Å². The van der Waals surface area contributed by atoms with E-state index in [2.05, 4.69) is 5.32 Å². The van der Waals surface area contributed by atoms with E-state index in [0.29, 0.717) is 19.5 Å². The largest absolute Gasteiger partial charge is 0.417 e. The van der Waals surface area contributed by atoms with Gasteiger partial charge in [0.1, 0.15) is 0 Å². The first kappa shape index (κ1) is 15.3. The lowest BCUT2D eigenvalue weighted by molar-refractivity contribution is -0.139. The molecule has 1 atom stereocenters. The van der Waals surface area contributed by atoms with E-state index in [1.165, 1.54) is 19.2 Å². The van der Waals surface area contributed by atoms with Gasteiger partial charge in [-0.15, -0.1) is 0 Å². The van der Waals surface area contributed by atoms with E-state index in [1.807, 2.05) is 0 Å². The van der Waals surface area contributed by atoms with E-state index in [-0.39, 0.29) is 6.04 Å². The third kappa shape index (κ3) is 2.82. The summed E-state index contributed by atoms with van der Waals surface area (Å²) in [4.78, 5) is -0.693. The molecule has 1 unspecified atom stereocenters. The van der Waals surface area contributed by atoms with Gasteiger partial charge in [0.2, 0.25) is 10.0 Å². The minimum Gasteiger partial charge on any atom is -0.315 e. The van der Waals surface area contributed by atoms with Gasteiger partial charge in [-0.2, -0.15) is 17.5 Å². The van der Waals surface area contributed by atoms with Crippen molar-refractivity contribution in [3.8, 4) is 0 Å². The molecule has 0 saturated carbocycles. The second-order valence-corrected chi connectivity index (χ2v) is 6.63. The van der Waals surface area contributed by atoms with Crippen LogP contribution in [-0.4, -0.2) is 38.9 Å². The molecule has 1 aromatic carbocycles. The highest BCUT2D eigenvalue weighted by Crippen LogP contribution is 2.35. The van der Waals surface area contributed by atoms with Crippen LogP contribution in [0.5, 0.6) is 0 Å². The number of benzene rings is 1. The number of hydrogen-bond acceptors (Lipinski definition) is 3. The molecule has 1 aromatic rings. The van der Waals surface area contributed by atoms with Gasteiger partial charge in [-0.25, -0.2) is 8.42 Å². The van der Waals surface area contributed by atoms with Crippen LogP contribution in [0.2, 0.25) is 0 Å². The Labute approximate surface area is 115 Å². The van der Waals surface area contributed by atoms with Crippen LogP contribution in [0.1, 0.15) is 12.0 Å². The van der Waals surface area contributed by atoms with E-state index in [1.54, 1.807) is 0 Å². The van der Waals surface area contributed by atoms with E-state index in [4.69, 9.17) is 0 Å². The molecule has 1 saturated heterocycles. The Kier molecular flexibility index (Phi) is 4.08. The topological polar surface area (TPSA) is 49.4 Å². The molecule has 0 radical (unpaired) electrons. The van der Waals surface area contributed by atoms with E-state index in [0.717, 1.165) is 16.4 Å². The van der Waals surface area contributed by atoms with Crippen molar-refractivity contribution in [3.63, 3.8) is 0 Å². The number of halogens is 3. The molecule has 1 N–H and O–H groups in total. The quantitative estimate of drug-likeness (QED) is 0.924. The van der Waals surface area contributed by atoms with Crippen molar-refractivity contribution in [2.24, 2.45) is 0 Å². The fourth-order valence-electron chi connectivity index (χ4n) is 2.23. The minimum atomic E-state index is -4.70. The SMILES string of the molecule is CN(C1CCNC1)S(=O)(=O)c1ccccc1C(F)(F)F. The predicted octanol–water partition coefficient (Wildman–Crippen LogP) is 1.69. The van der Waals surface area contributed by atoms with E-state index in [9.17, 15) is 21.6 Å². The highest BCUT2D eigenvalue weighted by molar-refractivity contribution is 7.89. The van der Waals surface area contributed by atoms with Crippen LogP contribution >= 0.6 is 0 Å². The van der Waals surface area contributed by atoms with Crippen LogP contribution in [0.4, 0.5) is 13.2 Å². The minimum absolute atomic E-state index is 0.318. The van der Waals surface area contributed by atoms with Crippen molar-refractivity contribution in [1.29, 1.82) is 0 Å². The fraction of sp³-hybridized carbons (Fsp3) is 0.500. The molecule has 112 valence electrons. The summed E-state index contributed by atoms with van der Waals surface area (Å²) in [7, 11) is -2.84. The summed E-state index contributed by atoms with van der Waals surface area (Å²) in [6.07, 6.45) is -4.11. The molecule has 1 fully saturated rings. The molecule has 0 bridgehead atoms. The van der Waals surface area contributed by atoms with Gasteiger partial charge in [-0.05, 0) is 25.1 Å². The number of sulfonamides is 1. The van der Waals surface area contributed by atoms with Crippen molar-refractivity contribution < 1.29 is 21.6 Å². The van der Waals surface area contributed by atoms with E-state index < -0.39 is 26.7 Å². The van der Waals surface area contributed by atoms with Crippen LogP contribution in [0.15, 0.2) is 29.2 Å². The van der Waals surface area contributed by atoms with Gasteiger partial charge < -0.3 is 5.32 Å². The molecule has 20 heavy (non-hydrogen) atoms. The summed E-state index contributed by atoms with van der Waals surface area (Å²) >= 11 is 0. The second-order valence-electron chi connectivity index (χ2n) is 4.66. The standard InChI is InChI=1S/C12H15F3N2O2S/c1-17(9-6-7-16-8-9)20(18,19)11-5-3-2-4-10(11)12(13,14)15/h2-5,9,16H,6-8H2,1H3. The lowest BCUT2D eigenvalue weighted by Crippen LogP contribution is -2.39. The zero-order valence-corrected chi connectivity index (χ0v) is 11.6. The Balaban J connectivity index is 2.44. The summed E-state index contributed by atoms with van der Waals surface area (Å²) in [5.74, 6) is 0. The molecule has 0 aromatic heterocycles. The first-order valence-corrected chi connectivity index (χ1v) is 7.53. The van der Waals surface area contributed by atoms with Crippen molar-refractivity contribution >= 4 is 10.0 Å². The molecule has 0 aliphatic carbocycles. The Hall–Kier alpha value is -1.12. The molecule has 2 rings (SSSR count). The molecule has 4 nitrogen and oxygen atoms in total. The number of rotatable bonds is 3. The second kappa shape index (κ2) is 5.34. The summed E-state index contributed by atoms with van der Waals surface area (Å²) in [5, 5.41) is 2.99. The van der Waals surface area contributed by atoms with Crippen LogP contribution in [-0.2, 0) is 16.2 Å². The lowest BCUT2D eigenvalue weighted by Gasteiger charge is -2.24. The molecule has 1 aliphatic heterocycles. The molecule has 0 amide bonds. The molecular weight excluding hydrogens is 293 g/mol. The first-order chi connectivity index (χ1) is 9.24. The number of nitrogens with zero attached hydrogens (tertiary/aromatic N) is 1. The molecule has 1 aliphatic rings. The zero-order chi connectivity index (χ0) is 15.0. The highest BCUT2D eigenvalue weighted by Gasteiger charge is 2.39. The third-order valence-electron chi connectivity index (χ3n) is 3.40.